The topological polar surface area (TPSA) is 49.4 Å². The maximum absolute atomic E-state index is 12.3. The minimum Gasteiger partial charge on any atom is -0.348 e. The first-order valence-corrected chi connectivity index (χ1v) is 9.08. The zero-order chi connectivity index (χ0) is 15.5. The van der Waals surface area contributed by atoms with Crippen molar-refractivity contribution in [1.82, 2.24) is 10.2 Å². The van der Waals surface area contributed by atoms with Crippen molar-refractivity contribution in [3.8, 4) is 0 Å². The molecule has 0 unspecified atom stereocenters. The third-order valence-corrected chi connectivity index (χ3v) is 5.53. The van der Waals surface area contributed by atoms with Crippen LogP contribution in [0, 0.1) is 6.92 Å². The number of hydrogen-bond acceptors (Lipinski definition) is 4. The molecule has 0 aliphatic carbocycles. The van der Waals surface area contributed by atoms with E-state index < -0.39 is 0 Å². The van der Waals surface area contributed by atoms with Gasteiger partial charge < -0.3 is 10.2 Å². The van der Waals surface area contributed by atoms with E-state index in [4.69, 9.17) is 0 Å². The van der Waals surface area contributed by atoms with Crippen LogP contribution in [0.4, 0.5) is 0 Å². The van der Waals surface area contributed by atoms with Crippen molar-refractivity contribution >= 4 is 34.5 Å². The van der Waals surface area contributed by atoms with Crippen LogP contribution in [-0.4, -0.2) is 35.8 Å². The molecule has 1 N–H and O–H groups in total. The first-order valence-electron chi connectivity index (χ1n) is 7.32. The van der Waals surface area contributed by atoms with Crippen LogP contribution in [0.3, 0.4) is 0 Å². The molecule has 22 heavy (non-hydrogen) atoms. The Morgan fingerprint density at radius 2 is 2.00 bits per heavy atom. The van der Waals surface area contributed by atoms with Crippen LogP contribution in [0.15, 0.2) is 29.0 Å². The molecule has 0 saturated carbocycles. The molecule has 1 fully saturated rings. The highest BCUT2D eigenvalue weighted by atomic mass is 32.1. The summed E-state index contributed by atoms with van der Waals surface area (Å²) in [5.41, 5.74) is 0.765. The van der Waals surface area contributed by atoms with Crippen LogP contribution < -0.4 is 5.32 Å². The minimum atomic E-state index is 0.000658. The number of nitrogens with one attached hydrogen (secondary N) is 1. The summed E-state index contributed by atoms with van der Waals surface area (Å²) in [6.45, 7) is 3.39. The Kier molecular flexibility index (Phi) is 4.59. The number of likely N-dealkylation sites (tertiary alicyclic amines) is 1. The largest absolute Gasteiger partial charge is 0.348 e. The van der Waals surface area contributed by atoms with Gasteiger partial charge >= 0.3 is 0 Å². The van der Waals surface area contributed by atoms with E-state index in [1.165, 1.54) is 22.7 Å². The van der Waals surface area contributed by atoms with Crippen molar-refractivity contribution < 1.29 is 9.59 Å². The predicted octanol–water partition coefficient (Wildman–Crippen LogP) is 3.15. The molecule has 0 aromatic carbocycles. The van der Waals surface area contributed by atoms with Crippen LogP contribution in [-0.2, 0) is 0 Å². The first kappa shape index (κ1) is 15.2. The summed E-state index contributed by atoms with van der Waals surface area (Å²) in [6.07, 6.45) is 1.62. The van der Waals surface area contributed by atoms with E-state index in [0.29, 0.717) is 13.1 Å². The summed E-state index contributed by atoms with van der Waals surface area (Å²) in [6, 6.07) is 5.84. The van der Waals surface area contributed by atoms with Crippen molar-refractivity contribution in [2.75, 3.05) is 13.1 Å². The van der Waals surface area contributed by atoms with E-state index in [9.17, 15) is 9.59 Å². The van der Waals surface area contributed by atoms with Gasteiger partial charge in [0.05, 0.1) is 10.4 Å². The van der Waals surface area contributed by atoms with Gasteiger partial charge in [-0.1, -0.05) is 0 Å². The molecule has 116 valence electrons. The van der Waals surface area contributed by atoms with E-state index in [1.807, 2.05) is 40.8 Å². The first-order chi connectivity index (χ1) is 10.6. The highest BCUT2D eigenvalue weighted by Crippen LogP contribution is 2.18. The van der Waals surface area contributed by atoms with E-state index >= 15 is 0 Å². The Morgan fingerprint density at radius 1 is 1.23 bits per heavy atom. The summed E-state index contributed by atoms with van der Waals surface area (Å²) >= 11 is 3.05. The Morgan fingerprint density at radius 3 is 2.59 bits per heavy atom. The average molecular weight is 334 g/mol. The second kappa shape index (κ2) is 6.62. The molecular formula is C16H18N2O2S2. The molecule has 1 aliphatic rings. The summed E-state index contributed by atoms with van der Waals surface area (Å²) in [4.78, 5) is 28.2. The van der Waals surface area contributed by atoms with E-state index in [0.717, 1.165) is 28.2 Å². The number of thiophene rings is 2. The second-order valence-electron chi connectivity index (χ2n) is 5.46. The molecule has 2 aromatic rings. The molecule has 6 heteroatoms. The van der Waals surface area contributed by atoms with Gasteiger partial charge in [0.15, 0.2) is 0 Å². The van der Waals surface area contributed by atoms with Gasteiger partial charge in [-0.2, -0.15) is 11.3 Å². The van der Waals surface area contributed by atoms with Crippen molar-refractivity contribution in [3.63, 3.8) is 0 Å². The van der Waals surface area contributed by atoms with Crippen LogP contribution in [0.5, 0.6) is 0 Å². The van der Waals surface area contributed by atoms with Gasteiger partial charge in [0.2, 0.25) is 0 Å². The second-order valence-corrected chi connectivity index (χ2v) is 7.53. The summed E-state index contributed by atoms with van der Waals surface area (Å²) < 4.78 is 0. The number of piperidine rings is 1. The summed E-state index contributed by atoms with van der Waals surface area (Å²) in [5.74, 6) is 0.0978. The van der Waals surface area contributed by atoms with Crippen molar-refractivity contribution in [1.29, 1.82) is 0 Å². The maximum Gasteiger partial charge on any atom is 0.261 e. The standard InChI is InChI=1S/C16H18N2O2S2/c1-11-2-3-14(22-11)15(19)17-13-4-7-18(8-5-13)16(20)12-6-9-21-10-12/h2-3,6,9-10,13H,4-5,7-8H2,1H3,(H,17,19). The van der Waals surface area contributed by atoms with Gasteiger partial charge in [0.1, 0.15) is 0 Å². The molecule has 4 nitrogen and oxygen atoms in total. The summed E-state index contributed by atoms with van der Waals surface area (Å²) in [5, 5.41) is 6.88. The van der Waals surface area contributed by atoms with Gasteiger partial charge in [0, 0.05) is 29.4 Å². The fourth-order valence-electron chi connectivity index (χ4n) is 2.61. The lowest BCUT2D eigenvalue weighted by Gasteiger charge is -2.32. The zero-order valence-electron chi connectivity index (χ0n) is 12.4. The zero-order valence-corrected chi connectivity index (χ0v) is 14.0. The Bertz CT molecular complexity index is 656. The lowest BCUT2D eigenvalue weighted by atomic mass is 10.0. The Hall–Kier alpha value is -1.66. The number of nitrogens with zero attached hydrogens (tertiary/aromatic N) is 1. The monoisotopic (exact) mass is 334 g/mol. The molecule has 0 bridgehead atoms. The van der Waals surface area contributed by atoms with Crippen molar-refractivity contribution in [2.24, 2.45) is 0 Å². The fourth-order valence-corrected chi connectivity index (χ4v) is 4.01. The highest BCUT2D eigenvalue weighted by Gasteiger charge is 2.25. The quantitative estimate of drug-likeness (QED) is 0.937. The number of carbonyl (C=O) groups excluding carboxylic acids is 2. The molecule has 2 amide bonds. The molecule has 0 spiro atoms. The molecule has 2 aromatic heterocycles. The van der Waals surface area contributed by atoms with Crippen molar-refractivity contribution in [2.45, 2.75) is 25.8 Å². The van der Waals surface area contributed by atoms with E-state index in [2.05, 4.69) is 5.32 Å². The van der Waals surface area contributed by atoms with Gasteiger partial charge in [-0.15, -0.1) is 11.3 Å². The van der Waals surface area contributed by atoms with Gasteiger partial charge in [-0.05, 0) is 43.3 Å². The molecule has 0 radical (unpaired) electrons. The molecular weight excluding hydrogens is 316 g/mol. The molecule has 1 aliphatic heterocycles. The molecule has 1 saturated heterocycles. The average Bonchev–Trinajstić information content (AvgIpc) is 3.18. The molecule has 3 rings (SSSR count). The number of rotatable bonds is 3. The lowest BCUT2D eigenvalue weighted by molar-refractivity contribution is 0.0699. The number of hydrogen-bond donors (Lipinski definition) is 1. The van der Waals surface area contributed by atoms with Gasteiger partial charge in [-0.25, -0.2) is 0 Å². The third-order valence-electron chi connectivity index (χ3n) is 3.85. The smallest absolute Gasteiger partial charge is 0.261 e. The Balaban J connectivity index is 1.51. The molecule has 0 atom stereocenters. The van der Waals surface area contributed by atoms with Crippen LogP contribution >= 0.6 is 22.7 Å². The Labute approximate surface area is 137 Å². The minimum absolute atomic E-state index is 0.000658. The third kappa shape index (κ3) is 3.39. The van der Waals surface area contributed by atoms with Crippen LogP contribution in [0.1, 0.15) is 37.7 Å². The molecule has 3 heterocycles. The fraction of sp³-hybridized carbons (Fsp3) is 0.375. The van der Waals surface area contributed by atoms with Crippen molar-refractivity contribution in [3.05, 3.63) is 44.3 Å². The highest BCUT2D eigenvalue weighted by molar-refractivity contribution is 7.13. The number of amides is 2. The van der Waals surface area contributed by atoms with Crippen LogP contribution in [0.25, 0.3) is 0 Å². The SMILES string of the molecule is Cc1ccc(C(=O)NC2CCN(C(=O)c3ccsc3)CC2)s1. The van der Waals surface area contributed by atoms with E-state index in [-0.39, 0.29) is 17.9 Å². The van der Waals surface area contributed by atoms with Crippen LogP contribution in [0.2, 0.25) is 0 Å². The van der Waals surface area contributed by atoms with Gasteiger partial charge in [0.25, 0.3) is 11.8 Å². The predicted molar refractivity (Wildman–Crippen MR) is 89.8 cm³/mol. The normalized spacial score (nSPS) is 15.8. The lowest BCUT2D eigenvalue weighted by Crippen LogP contribution is -2.46. The summed E-state index contributed by atoms with van der Waals surface area (Å²) in [7, 11) is 0. The number of aryl methyl sites for hydroxylation is 1. The van der Waals surface area contributed by atoms with Gasteiger partial charge in [-0.3, -0.25) is 9.59 Å². The maximum atomic E-state index is 12.3. The number of carbonyl (C=O) groups is 2. The van der Waals surface area contributed by atoms with E-state index in [1.54, 1.807) is 0 Å².